The van der Waals surface area contributed by atoms with E-state index in [1.165, 1.54) is 0 Å². The Morgan fingerprint density at radius 3 is 2.65 bits per heavy atom. The van der Waals surface area contributed by atoms with Gasteiger partial charge in [0.05, 0.1) is 0 Å². The standard InChI is InChI=1S/C12H13Br2NO2/c13-9-4-1-7(5-10(9)14)6-15-11(12(16)17)8-2-3-8/h1,4-5,8,11,15H,2-3,6H2,(H,16,17). The van der Waals surface area contributed by atoms with E-state index in [0.717, 1.165) is 27.4 Å². The van der Waals surface area contributed by atoms with E-state index in [4.69, 9.17) is 5.11 Å². The van der Waals surface area contributed by atoms with E-state index in [2.05, 4.69) is 37.2 Å². The molecule has 0 amide bonds. The van der Waals surface area contributed by atoms with Crippen LogP contribution in [0.15, 0.2) is 27.1 Å². The van der Waals surface area contributed by atoms with E-state index < -0.39 is 12.0 Å². The first kappa shape index (κ1) is 13.1. The van der Waals surface area contributed by atoms with Crippen molar-refractivity contribution in [3.05, 3.63) is 32.7 Å². The summed E-state index contributed by atoms with van der Waals surface area (Å²) in [6.07, 6.45) is 2.04. The number of nitrogens with one attached hydrogen (secondary N) is 1. The summed E-state index contributed by atoms with van der Waals surface area (Å²) in [5, 5.41) is 12.2. The third-order valence-corrected chi connectivity index (χ3v) is 4.75. The second-order valence-corrected chi connectivity index (χ2v) is 5.99. The van der Waals surface area contributed by atoms with Gasteiger partial charge < -0.3 is 10.4 Å². The van der Waals surface area contributed by atoms with Crippen LogP contribution in [-0.4, -0.2) is 17.1 Å². The quantitative estimate of drug-likeness (QED) is 0.845. The third kappa shape index (κ3) is 3.53. The van der Waals surface area contributed by atoms with Gasteiger partial charge in [0.15, 0.2) is 0 Å². The van der Waals surface area contributed by atoms with Gasteiger partial charge in [-0.1, -0.05) is 6.07 Å². The first-order chi connectivity index (χ1) is 8.08. The van der Waals surface area contributed by atoms with Crippen molar-refractivity contribution in [1.82, 2.24) is 5.32 Å². The Morgan fingerprint density at radius 1 is 1.41 bits per heavy atom. The Morgan fingerprint density at radius 2 is 2.12 bits per heavy atom. The number of benzene rings is 1. The number of rotatable bonds is 5. The van der Waals surface area contributed by atoms with Crippen LogP contribution >= 0.6 is 31.9 Å². The molecule has 0 spiro atoms. The molecule has 2 rings (SSSR count). The summed E-state index contributed by atoms with van der Waals surface area (Å²) in [4.78, 5) is 11.0. The molecular formula is C12H13Br2NO2. The summed E-state index contributed by atoms with van der Waals surface area (Å²) in [5.74, 6) is -0.435. The number of carboxylic acid groups (broad SMARTS) is 1. The minimum absolute atomic E-state index is 0.311. The molecule has 0 aliphatic heterocycles. The molecule has 5 heteroatoms. The number of carbonyl (C=O) groups is 1. The van der Waals surface area contributed by atoms with Gasteiger partial charge in [-0.3, -0.25) is 4.79 Å². The summed E-state index contributed by atoms with van der Waals surface area (Å²) in [7, 11) is 0. The molecule has 17 heavy (non-hydrogen) atoms. The molecule has 3 nitrogen and oxygen atoms in total. The van der Waals surface area contributed by atoms with Crippen LogP contribution in [0.1, 0.15) is 18.4 Å². The van der Waals surface area contributed by atoms with Crippen molar-refractivity contribution in [3.8, 4) is 0 Å². The Kier molecular flexibility index (Phi) is 4.22. The van der Waals surface area contributed by atoms with Crippen molar-refractivity contribution in [2.24, 2.45) is 5.92 Å². The molecule has 0 bridgehead atoms. The minimum atomic E-state index is -0.747. The maximum atomic E-state index is 11.0. The van der Waals surface area contributed by atoms with E-state index in [1.54, 1.807) is 0 Å². The molecule has 1 atom stereocenters. The molecule has 1 aliphatic carbocycles. The second kappa shape index (κ2) is 5.50. The topological polar surface area (TPSA) is 49.3 Å². The first-order valence-electron chi connectivity index (χ1n) is 5.48. The number of halogens is 2. The van der Waals surface area contributed by atoms with Crippen molar-refractivity contribution >= 4 is 37.8 Å². The summed E-state index contributed by atoms with van der Waals surface area (Å²) >= 11 is 6.84. The van der Waals surface area contributed by atoms with Gasteiger partial charge in [0.2, 0.25) is 0 Å². The average molecular weight is 363 g/mol. The van der Waals surface area contributed by atoms with E-state index in [9.17, 15) is 4.79 Å². The zero-order valence-corrected chi connectivity index (χ0v) is 12.3. The molecule has 0 radical (unpaired) electrons. The molecule has 0 aromatic heterocycles. The van der Waals surface area contributed by atoms with Gasteiger partial charge in [0.1, 0.15) is 6.04 Å². The maximum absolute atomic E-state index is 11.0. The van der Waals surface area contributed by atoms with Crippen LogP contribution in [0.3, 0.4) is 0 Å². The van der Waals surface area contributed by atoms with Gasteiger partial charge >= 0.3 is 5.97 Å². The monoisotopic (exact) mass is 361 g/mol. The summed E-state index contributed by atoms with van der Waals surface area (Å²) in [6, 6.07) is 5.52. The molecule has 1 aromatic rings. The normalized spacial score (nSPS) is 16.8. The molecule has 92 valence electrons. The molecule has 1 aliphatic rings. The van der Waals surface area contributed by atoms with E-state index in [1.807, 2.05) is 18.2 Å². The maximum Gasteiger partial charge on any atom is 0.320 e. The fourth-order valence-electron chi connectivity index (χ4n) is 1.76. The highest BCUT2D eigenvalue weighted by atomic mass is 79.9. The van der Waals surface area contributed by atoms with Crippen molar-refractivity contribution in [2.45, 2.75) is 25.4 Å². The summed E-state index contributed by atoms with van der Waals surface area (Å²) < 4.78 is 1.98. The summed E-state index contributed by atoms with van der Waals surface area (Å²) in [5.41, 5.74) is 1.08. The lowest BCUT2D eigenvalue weighted by molar-refractivity contribution is -0.140. The number of hydrogen-bond donors (Lipinski definition) is 2. The van der Waals surface area contributed by atoms with E-state index in [-0.39, 0.29) is 0 Å². The molecular weight excluding hydrogens is 350 g/mol. The van der Waals surface area contributed by atoms with E-state index in [0.29, 0.717) is 12.5 Å². The van der Waals surface area contributed by atoms with Crippen LogP contribution in [-0.2, 0) is 11.3 Å². The number of carboxylic acids is 1. The predicted octanol–water partition coefficient (Wildman–Crippen LogP) is 3.16. The van der Waals surface area contributed by atoms with Gasteiger partial charge in [0.25, 0.3) is 0 Å². The molecule has 1 fully saturated rings. The van der Waals surface area contributed by atoms with Crippen LogP contribution in [0.4, 0.5) is 0 Å². The number of aliphatic carboxylic acids is 1. The molecule has 1 unspecified atom stereocenters. The van der Waals surface area contributed by atoms with Crippen LogP contribution in [0, 0.1) is 5.92 Å². The van der Waals surface area contributed by atoms with Gasteiger partial charge in [-0.05, 0) is 68.3 Å². The Hall–Kier alpha value is -0.390. The van der Waals surface area contributed by atoms with Crippen molar-refractivity contribution in [3.63, 3.8) is 0 Å². The van der Waals surface area contributed by atoms with Crippen LogP contribution in [0.5, 0.6) is 0 Å². The van der Waals surface area contributed by atoms with Crippen molar-refractivity contribution in [1.29, 1.82) is 0 Å². The van der Waals surface area contributed by atoms with Gasteiger partial charge in [0, 0.05) is 15.5 Å². The molecule has 2 N–H and O–H groups in total. The van der Waals surface area contributed by atoms with Gasteiger partial charge in [-0.2, -0.15) is 0 Å². The molecule has 1 saturated carbocycles. The highest BCUT2D eigenvalue weighted by Crippen LogP contribution is 2.33. The number of hydrogen-bond acceptors (Lipinski definition) is 2. The van der Waals surface area contributed by atoms with Gasteiger partial charge in [-0.25, -0.2) is 0 Å². The fourth-order valence-corrected chi connectivity index (χ4v) is 2.44. The third-order valence-electron chi connectivity index (χ3n) is 2.87. The van der Waals surface area contributed by atoms with Crippen LogP contribution < -0.4 is 5.32 Å². The second-order valence-electron chi connectivity index (χ2n) is 4.28. The summed E-state index contributed by atoms with van der Waals surface area (Å²) in [6.45, 7) is 0.583. The van der Waals surface area contributed by atoms with Gasteiger partial charge in [-0.15, -0.1) is 0 Å². The lowest BCUT2D eigenvalue weighted by Gasteiger charge is -2.13. The largest absolute Gasteiger partial charge is 0.480 e. The van der Waals surface area contributed by atoms with Crippen LogP contribution in [0.25, 0.3) is 0 Å². The highest BCUT2D eigenvalue weighted by molar-refractivity contribution is 9.13. The fraction of sp³-hybridized carbons (Fsp3) is 0.417. The lowest BCUT2D eigenvalue weighted by atomic mass is 10.1. The van der Waals surface area contributed by atoms with Crippen molar-refractivity contribution in [2.75, 3.05) is 0 Å². The Balaban J connectivity index is 1.96. The predicted molar refractivity (Wildman–Crippen MR) is 72.8 cm³/mol. The molecule has 1 aromatic carbocycles. The highest BCUT2D eigenvalue weighted by Gasteiger charge is 2.35. The first-order valence-corrected chi connectivity index (χ1v) is 7.06. The Labute approximate surface area is 117 Å². The smallest absolute Gasteiger partial charge is 0.320 e. The Bertz CT molecular complexity index is 433. The molecule has 0 heterocycles. The van der Waals surface area contributed by atoms with Crippen LogP contribution in [0.2, 0.25) is 0 Å². The minimum Gasteiger partial charge on any atom is -0.480 e. The van der Waals surface area contributed by atoms with Crippen molar-refractivity contribution < 1.29 is 9.90 Å². The zero-order valence-electron chi connectivity index (χ0n) is 9.12. The van der Waals surface area contributed by atoms with E-state index >= 15 is 0 Å². The lowest BCUT2D eigenvalue weighted by Crippen LogP contribution is -2.38. The SMILES string of the molecule is O=C(O)C(NCc1ccc(Br)c(Br)c1)C1CC1. The molecule has 0 saturated heterocycles. The average Bonchev–Trinajstić information content (AvgIpc) is 3.07. The zero-order chi connectivity index (χ0) is 12.4.